The third kappa shape index (κ3) is 5.31. The maximum Gasteiger partial charge on any atom is 0.410 e. The number of fused-ring (bicyclic) bond motifs is 1. The van der Waals surface area contributed by atoms with Gasteiger partial charge in [-0.15, -0.1) is 0 Å². The van der Waals surface area contributed by atoms with Gasteiger partial charge in [0.15, 0.2) is 12.0 Å². The first-order valence-corrected chi connectivity index (χ1v) is 12.2. The quantitative estimate of drug-likeness (QED) is 0.564. The van der Waals surface area contributed by atoms with Gasteiger partial charge in [0.2, 0.25) is 0 Å². The van der Waals surface area contributed by atoms with E-state index in [0.29, 0.717) is 19.4 Å². The number of nitrogens with one attached hydrogen (secondary N) is 1. The summed E-state index contributed by atoms with van der Waals surface area (Å²) in [5.74, 6) is -1.52. The Balaban J connectivity index is 1.22. The van der Waals surface area contributed by atoms with Gasteiger partial charge in [0.1, 0.15) is 37.6 Å². The minimum Gasteiger partial charge on any atom is -0.461 e. The number of ether oxygens (including phenoxy) is 5. The second-order valence-corrected chi connectivity index (χ2v) is 9.67. The molecule has 5 rings (SSSR count). The highest BCUT2D eigenvalue weighted by Gasteiger charge is 2.56. The zero-order chi connectivity index (χ0) is 26.2. The van der Waals surface area contributed by atoms with Gasteiger partial charge in [-0.2, -0.15) is 0 Å². The van der Waals surface area contributed by atoms with Crippen molar-refractivity contribution < 1.29 is 33.3 Å². The normalized spacial score (nSPS) is 28.2. The molecular formula is C25H29N3O9. The van der Waals surface area contributed by atoms with E-state index in [-0.39, 0.29) is 13.2 Å². The lowest BCUT2D eigenvalue weighted by molar-refractivity contribution is -0.203. The van der Waals surface area contributed by atoms with Crippen molar-refractivity contribution in [2.45, 2.75) is 69.7 Å². The molecule has 1 aromatic carbocycles. The highest BCUT2D eigenvalue weighted by Crippen LogP contribution is 2.42. The van der Waals surface area contributed by atoms with Crippen LogP contribution in [0.1, 0.15) is 38.5 Å². The molecule has 1 N–H and O–H groups in total. The van der Waals surface area contributed by atoms with Crippen LogP contribution in [0.3, 0.4) is 0 Å². The van der Waals surface area contributed by atoms with Crippen LogP contribution in [0.4, 0.5) is 4.79 Å². The molecule has 1 amide bonds. The molecule has 12 nitrogen and oxygen atoms in total. The fraction of sp³-hybridized carbons (Fsp3) is 0.520. The Labute approximate surface area is 212 Å². The third-order valence-corrected chi connectivity index (χ3v) is 6.60. The van der Waals surface area contributed by atoms with E-state index in [0.717, 1.165) is 5.56 Å². The average molecular weight is 516 g/mol. The predicted octanol–water partition coefficient (Wildman–Crippen LogP) is 1.30. The highest BCUT2D eigenvalue weighted by molar-refractivity contribution is 5.82. The molecular weight excluding hydrogens is 486 g/mol. The topological polar surface area (TPSA) is 138 Å². The first-order valence-electron chi connectivity index (χ1n) is 12.2. The van der Waals surface area contributed by atoms with Crippen molar-refractivity contribution in [3.63, 3.8) is 0 Å². The van der Waals surface area contributed by atoms with Gasteiger partial charge in [-0.25, -0.2) is 14.4 Å². The maximum atomic E-state index is 13.0. The van der Waals surface area contributed by atoms with Crippen molar-refractivity contribution in [1.29, 1.82) is 0 Å². The Morgan fingerprint density at radius 3 is 2.59 bits per heavy atom. The zero-order valence-corrected chi connectivity index (χ0v) is 20.5. The SMILES string of the molecule is CC1(C)O[C@@H]2[C@H](O1)[C@@H](COC(=O)[C@@H]1CCCN1C(=O)OCc1ccccc1)O[C@@H]2n1ccc(=O)[nH]c1=O. The van der Waals surface area contributed by atoms with Crippen molar-refractivity contribution >= 4 is 12.1 Å². The number of H-pyrrole nitrogens is 1. The average Bonchev–Trinajstić information content (AvgIpc) is 3.56. The molecule has 3 aliphatic heterocycles. The first-order chi connectivity index (χ1) is 17.7. The maximum absolute atomic E-state index is 13.0. The lowest BCUT2D eigenvalue weighted by atomic mass is 10.1. The number of aromatic nitrogens is 2. The van der Waals surface area contributed by atoms with Crippen LogP contribution in [0.5, 0.6) is 0 Å². The van der Waals surface area contributed by atoms with Crippen LogP contribution in [0.25, 0.3) is 0 Å². The van der Waals surface area contributed by atoms with Crippen LogP contribution in [-0.2, 0) is 35.1 Å². The van der Waals surface area contributed by atoms with Crippen molar-refractivity contribution in [3.05, 3.63) is 69.0 Å². The summed E-state index contributed by atoms with van der Waals surface area (Å²) < 4.78 is 30.1. The molecule has 5 atom stereocenters. The van der Waals surface area contributed by atoms with Crippen molar-refractivity contribution in [2.24, 2.45) is 0 Å². The summed E-state index contributed by atoms with van der Waals surface area (Å²) in [6, 6.07) is 9.72. The predicted molar refractivity (Wildman–Crippen MR) is 126 cm³/mol. The Morgan fingerprint density at radius 1 is 1.08 bits per heavy atom. The number of hydrogen-bond acceptors (Lipinski definition) is 9. The number of carbonyl (C=O) groups excluding carboxylic acids is 2. The third-order valence-electron chi connectivity index (χ3n) is 6.60. The number of esters is 1. The summed E-state index contributed by atoms with van der Waals surface area (Å²) in [4.78, 5) is 53.0. The van der Waals surface area contributed by atoms with Crippen molar-refractivity contribution in [2.75, 3.05) is 13.2 Å². The molecule has 0 saturated carbocycles. The van der Waals surface area contributed by atoms with Crippen LogP contribution in [0, 0.1) is 0 Å². The second-order valence-electron chi connectivity index (χ2n) is 9.67. The summed E-state index contributed by atoms with van der Waals surface area (Å²) in [5, 5.41) is 0. The number of rotatable bonds is 6. The molecule has 1 aromatic heterocycles. The molecule has 37 heavy (non-hydrogen) atoms. The van der Waals surface area contributed by atoms with Crippen LogP contribution in [0.15, 0.2) is 52.2 Å². The van der Waals surface area contributed by atoms with E-state index in [9.17, 15) is 19.2 Å². The van der Waals surface area contributed by atoms with Crippen LogP contribution in [0.2, 0.25) is 0 Å². The van der Waals surface area contributed by atoms with Gasteiger partial charge in [-0.05, 0) is 32.3 Å². The van der Waals surface area contributed by atoms with E-state index in [4.69, 9.17) is 23.7 Å². The smallest absolute Gasteiger partial charge is 0.410 e. The minimum absolute atomic E-state index is 0.107. The summed E-state index contributed by atoms with van der Waals surface area (Å²) >= 11 is 0. The lowest BCUT2D eigenvalue weighted by Gasteiger charge is -2.26. The molecule has 0 bridgehead atoms. The molecule has 2 aromatic rings. The molecule has 198 valence electrons. The van der Waals surface area contributed by atoms with Crippen molar-refractivity contribution in [3.8, 4) is 0 Å². The Bertz CT molecular complexity index is 1260. The van der Waals surface area contributed by atoms with Crippen molar-refractivity contribution in [1.82, 2.24) is 14.5 Å². The minimum atomic E-state index is -0.948. The van der Waals surface area contributed by atoms with Gasteiger partial charge in [0, 0.05) is 18.8 Å². The zero-order valence-electron chi connectivity index (χ0n) is 20.5. The number of nitrogens with zero attached hydrogens (tertiary/aromatic N) is 2. The molecule has 3 aliphatic rings. The lowest BCUT2D eigenvalue weighted by Crippen LogP contribution is -2.43. The molecule has 3 saturated heterocycles. The molecule has 0 unspecified atom stereocenters. The number of hydrogen-bond donors (Lipinski definition) is 1. The highest BCUT2D eigenvalue weighted by atomic mass is 16.8. The van der Waals surface area contributed by atoms with Gasteiger partial charge in [0.25, 0.3) is 5.56 Å². The van der Waals surface area contributed by atoms with Gasteiger partial charge in [-0.1, -0.05) is 30.3 Å². The first kappa shape index (κ1) is 25.2. The number of likely N-dealkylation sites (tertiary alicyclic amines) is 1. The van der Waals surface area contributed by atoms with E-state index in [1.165, 1.54) is 21.7 Å². The molecule has 12 heteroatoms. The standard InChI is InChI=1S/C25H29N3O9/c1-25(2)36-19-17(35-21(20(19)37-25)28-12-10-18(29)26-23(28)31)14-33-22(30)16-9-6-11-27(16)24(32)34-13-15-7-4-3-5-8-15/h3-5,7-8,10,12,16-17,19-21H,6,9,11,13-14H2,1-2H3,(H,26,29,31)/t16-,17+,19+,20+,21-/m0/s1. The van der Waals surface area contributed by atoms with Gasteiger partial charge >= 0.3 is 17.8 Å². The summed E-state index contributed by atoms with van der Waals surface area (Å²) in [6.07, 6.45) is -1.07. The van der Waals surface area contributed by atoms with E-state index in [1.54, 1.807) is 13.8 Å². The van der Waals surface area contributed by atoms with Gasteiger partial charge in [0.05, 0.1) is 0 Å². The number of aromatic amines is 1. The molecule has 4 heterocycles. The van der Waals surface area contributed by atoms with Crippen LogP contribution in [-0.4, -0.2) is 69.8 Å². The monoisotopic (exact) mass is 515 g/mol. The van der Waals surface area contributed by atoms with E-state index in [2.05, 4.69) is 4.98 Å². The van der Waals surface area contributed by atoms with Gasteiger partial charge < -0.3 is 23.7 Å². The Kier molecular flexibility index (Phi) is 6.88. The van der Waals surface area contributed by atoms with E-state index in [1.807, 2.05) is 30.3 Å². The number of benzene rings is 1. The Hall–Kier alpha value is -3.48. The van der Waals surface area contributed by atoms with Crippen LogP contribution < -0.4 is 11.2 Å². The van der Waals surface area contributed by atoms with Gasteiger partial charge in [-0.3, -0.25) is 19.2 Å². The number of carbonyl (C=O) groups is 2. The molecule has 0 aliphatic carbocycles. The Morgan fingerprint density at radius 2 is 1.84 bits per heavy atom. The largest absolute Gasteiger partial charge is 0.461 e. The van der Waals surface area contributed by atoms with E-state index < -0.39 is 59.7 Å². The molecule has 3 fully saturated rings. The fourth-order valence-corrected chi connectivity index (χ4v) is 4.94. The van der Waals surface area contributed by atoms with Crippen LogP contribution >= 0.6 is 0 Å². The summed E-state index contributed by atoms with van der Waals surface area (Å²) in [5.41, 5.74) is -0.341. The fourth-order valence-electron chi connectivity index (χ4n) is 4.94. The summed E-state index contributed by atoms with van der Waals surface area (Å²) in [6.45, 7) is 3.80. The number of amides is 1. The summed E-state index contributed by atoms with van der Waals surface area (Å²) in [7, 11) is 0. The second kappa shape index (κ2) is 10.1. The molecule has 0 spiro atoms. The van der Waals surface area contributed by atoms with E-state index >= 15 is 0 Å². The molecule has 0 radical (unpaired) electrons.